The summed E-state index contributed by atoms with van der Waals surface area (Å²) >= 11 is 0. The number of nitrogens with zero attached hydrogens (tertiary/aromatic N) is 3. The molecular formula is C18H19FN4O3. The van der Waals surface area contributed by atoms with E-state index in [0.717, 1.165) is 0 Å². The highest BCUT2D eigenvalue weighted by Crippen LogP contribution is 2.32. The number of esters is 1. The van der Waals surface area contributed by atoms with Crippen LogP contribution in [0.3, 0.4) is 0 Å². The normalized spacial score (nSPS) is 12.3. The molecule has 2 aromatic heterocycles. The van der Waals surface area contributed by atoms with E-state index >= 15 is 0 Å². The Morgan fingerprint density at radius 1 is 1.27 bits per heavy atom. The summed E-state index contributed by atoms with van der Waals surface area (Å²) in [5.41, 5.74) is 1.39. The molecule has 3 aromatic rings. The fourth-order valence-electron chi connectivity index (χ4n) is 2.58. The van der Waals surface area contributed by atoms with Gasteiger partial charge in [0.2, 0.25) is 0 Å². The monoisotopic (exact) mass is 358 g/mol. The topological polar surface area (TPSA) is 90.1 Å². The lowest BCUT2D eigenvalue weighted by molar-refractivity contribution is -0.145. The largest absolute Gasteiger partial charge is 0.464 e. The molecule has 0 saturated heterocycles. The van der Waals surface area contributed by atoms with Crippen molar-refractivity contribution in [2.75, 3.05) is 11.9 Å². The molecule has 1 atom stereocenters. The number of fused-ring (bicyclic) bond motifs is 1. The second-order valence-electron chi connectivity index (χ2n) is 6.06. The van der Waals surface area contributed by atoms with Gasteiger partial charge in [0.05, 0.1) is 6.61 Å². The fourth-order valence-corrected chi connectivity index (χ4v) is 2.58. The lowest BCUT2D eigenvalue weighted by Crippen LogP contribution is -2.36. The van der Waals surface area contributed by atoms with Crippen LogP contribution < -0.4 is 5.32 Å². The van der Waals surface area contributed by atoms with Crippen LogP contribution in [0.1, 0.15) is 20.8 Å². The van der Waals surface area contributed by atoms with Crippen molar-refractivity contribution in [1.29, 1.82) is 0 Å². The van der Waals surface area contributed by atoms with Gasteiger partial charge in [-0.2, -0.15) is 4.98 Å². The molecule has 0 aliphatic heterocycles. The van der Waals surface area contributed by atoms with Gasteiger partial charge in [-0.1, -0.05) is 19.0 Å². The zero-order chi connectivity index (χ0) is 18.7. The van der Waals surface area contributed by atoms with Crippen molar-refractivity contribution < 1.29 is 18.4 Å². The number of hydrogen-bond acceptors (Lipinski definition) is 7. The molecule has 0 fully saturated rings. The molecule has 0 radical (unpaired) electrons. The molecule has 136 valence electrons. The zero-order valence-corrected chi connectivity index (χ0v) is 14.7. The molecule has 2 heterocycles. The number of hydrogen-bond donors (Lipinski definition) is 1. The molecule has 3 rings (SSSR count). The van der Waals surface area contributed by atoms with Gasteiger partial charge in [-0.25, -0.2) is 14.2 Å². The van der Waals surface area contributed by atoms with Crippen LogP contribution >= 0.6 is 0 Å². The molecule has 7 nitrogen and oxygen atoms in total. The summed E-state index contributed by atoms with van der Waals surface area (Å²) in [6.45, 7) is 5.85. The van der Waals surface area contributed by atoms with Crippen molar-refractivity contribution >= 4 is 22.9 Å². The maximum atomic E-state index is 13.2. The van der Waals surface area contributed by atoms with E-state index < -0.39 is 6.04 Å². The predicted octanol–water partition coefficient (Wildman–Crippen LogP) is 3.42. The quantitative estimate of drug-likeness (QED) is 0.675. The average molecular weight is 358 g/mol. The highest BCUT2D eigenvalue weighted by atomic mass is 19.1. The third-order valence-electron chi connectivity index (χ3n) is 3.89. The second kappa shape index (κ2) is 7.47. The average Bonchev–Trinajstić information content (AvgIpc) is 3.05. The minimum Gasteiger partial charge on any atom is -0.464 e. The molecule has 26 heavy (non-hydrogen) atoms. The van der Waals surface area contributed by atoms with Crippen LogP contribution in [0, 0.1) is 11.7 Å². The highest BCUT2D eigenvalue weighted by molar-refractivity contribution is 5.98. The van der Waals surface area contributed by atoms with Crippen molar-refractivity contribution in [3.8, 4) is 11.3 Å². The van der Waals surface area contributed by atoms with Gasteiger partial charge in [-0.05, 0) is 37.1 Å². The highest BCUT2D eigenvalue weighted by Gasteiger charge is 2.26. The summed E-state index contributed by atoms with van der Waals surface area (Å²) in [6.07, 6.45) is 1.33. The lowest BCUT2D eigenvalue weighted by atomic mass is 10.0. The van der Waals surface area contributed by atoms with Crippen LogP contribution in [-0.2, 0) is 9.53 Å². The Balaban J connectivity index is 2.04. The number of benzene rings is 1. The first-order chi connectivity index (χ1) is 12.5. The van der Waals surface area contributed by atoms with Gasteiger partial charge in [-0.3, -0.25) is 0 Å². The molecule has 8 heteroatoms. The number of anilines is 1. The van der Waals surface area contributed by atoms with E-state index in [-0.39, 0.29) is 30.0 Å². The van der Waals surface area contributed by atoms with Gasteiger partial charge in [0.15, 0.2) is 0 Å². The smallest absolute Gasteiger partial charge is 0.328 e. The molecule has 0 saturated carbocycles. The maximum Gasteiger partial charge on any atom is 0.328 e. The standard InChI is InChI=1S/C18H19FN4O3/c1-4-25-18(24)14(10(2)3)22-16-13-15(11-5-7-12(19)8-6-11)23-26-17(13)21-9-20-16/h5-10,14H,4H2,1-3H3,(H,20,21,22). The summed E-state index contributed by atoms with van der Waals surface area (Å²) in [5, 5.41) is 7.67. The number of carbonyl (C=O) groups excluding carboxylic acids is 1. The molecular weight excluding hydrogens is 339 g/mol. The van der Waals surface area contributed by atoms with Crippen molar-refractivity contribution in [1.82, 2.24) is 15.1 Å². The van der Waals surface area contributed by atoms with Crippen LogP contribution in [-0.4, -0.2) is 33.7 Å². The van der Waals surface area contributed by atoms with Crippen LogP contribution in [0.4, 0.5) is 10.2 Å². The summed E-state index contributed by atoms with van der Waals surface area (Å²) in [6, 6.07) is 5.26. The minimum absolute atomic E-state index is 0.0341. The molecule has 0 spiro atoms. The fraction of sp³-hybridized carbons (Fsp3) is 0.333. The van der Waals surface area contributed by atoms with Crippen molar-refractivity contribution in [2.45, 2.75) is 26.8 Å². The first-order valence-electron chi connectivity index (χ1n) is 8.30. The van der Waals surface area contributed by atoms with Crippen LogP contribution in [0.2, 0.25) is 0 Å². The summed E-state index contributed by atoms with van der Waals surface area (Å²) < 4.78 is 23.6. The first-order valence-corrected chi connectivity index (χ1v) is 8.30. The van der Waals surface area contributed by atoms with Gasteiger partial charge in [0.1, 0.15) is 35.1 Å². The Bertz CT molecular complexity index is 908. The lowest BCUT2D eigenvalue weighted by Gasteiger charge is -2.21. The predicted molar refractivity (Wildman–Crippen MR) is 93.9 cm³/mol. The van der Waals surface area contributed by atoms with E-state index in [2.05, 4.69) is 20.4 Å². The van der Waals surface area contributed by atoms with Gasteiger partial charge in [0.25, 0.3) is 5.71 Å². The number of aromatic nitrogens is 3. The first kappa shape index (κ1) is 17.8. The number of rotatable bonds is 6. The molecule has 0 aliphatic rings. The van der Waals surface area contributed by atoms with Crippen molar-refractivity contribution in [3.05, 3.63) is 36.4 Å². The Morgan fingerprint density at radius 3 is 2.65 bits per heavy atom. The van der Waals surface area contributed by atoms with E-state index in [4.69, 9.17) is 9.26 Å². The van der Waals surface area contributed by atoms with Gasteiger partial charge in [0, 0.05) is 5.56 Å². The number of halogens is 1. The number of carbonyl (C=O) groups is 1. The van der Waals surface area contributed by atoms with Crippen LogP contribution in [0.15, 0.2) is 35.1 Å². The van der Waals surface area contributed by atoms with E-state index in [1.165, 1.54) is 18.5 Å². The summed E-state index contributed by atoms with van der Waals surface area (Å²) in [7, 11) is 0. The van der Waals surface area contributed by atoms with Crippen molar-refractivity contribution in [3.63, 3.8) is 0 Å². The van der Waals surface area contributed by atoms with Crippen LogP contribution in [0.25, 0.3) is 22.4 Å². The zero-order valence-electron chi connectivity index (χ0n) is 14.7. The summed E-state index contributed by atoms with van der Waals surface area (Å²) in [4.78, 5) is 20.6. The van der Waals surface area contributed by atoms with E-state index in [0.29, 0.717) is 22.5 Å². The Hall–Kier alpha value is -3.03. The minimum atomic E-state index is -0.594. The van der Waals surface area contributed by atoms with E-state index in [1.54, 1.807) is 19.1 Å². The van der Waals surface area contributed by atoms with Gasteiger partial charge < -0.3 is 14.6 Å². The molecule has 1 unspecified atom stereocenters. The second-order valence-corrected chi connectivity index (χ2v) is 6.06. The number of ether oxygens (including phenoxy) is 1. The number of nitrogens with one attached hydrogen (secondary N) is 1. The maximum absolute atomic E-state index is 13.2. The SMILES string of the molecule is CCOC(=O)C(Nc1ncnc2onc(-c3ccc(F)cc3)c12)C(C)C. The van der Waals surface area contributed by atoms with Gasteiger partial charge >= 0.3 is 5.97 Å². The molecule has 0 aliphatic carbocycles. The van der Waals surface area contributed by atoms with Crippen molar-refractivity contribution in [2.24, 2.45) is 5.92 Å². The molecule has 1 N–H and O–H groups in total. The molecule has 1 aromatic carbocycles. The Kier molecular flexibility index (Phi) is 5.11. The molecule has 0 amide bonds. The summed E-state index contributed by atoms with van der Waals surface area (Å²) in [5.74, 6) is -0.345. The van der Waals surface area contributed by atoms with Gasteiger partial charge in [-0.15, -0.1) is 0 Å². The third kappa shape index (κ3) is 3.49. The third-order valence-corrected chi connectivity index (χ3v) is 3.89. The van der Waals surface area contributed by atoms with Crippen LogP contribution in [0.5, 0.6) is 0 Å². The van der Waals surface area contributed by atoms with E-state index in [9.17, 15) is 9.18 Å². The molecule has 0 bridgehead atoms. The Labute approximate surface area is 149 Å². The van der Waals surface area contributed by atoms with E-state index in [1.807, 2.05) is 13.8 Å². The Morgan fingerprint density at radius 2 is 2.00 bits per heavy atom.